The summed E-state index contributed by atoms with van der Waals surface area (Å²) in [7, 11) is 0. The third-order valence-corrected chi connectivity index (χ3v) is 9.56. The minimum Gasteiger partial charge on any atom is -0.290 e. The second-order valence-electron chi connectivity index (χ2n) is 10.5. The van der Waals surface area contributed by atoms with Crippen LogP contribution in [0, 0.1) is 29.6 Å². The average Bonchev–Trinajstić information content (AvgIpc) is 3.58. The molecule has 1 aromatic heterocycles. The first kappa shape index (κ1) is 17.5. The molecule has 0 saturated heterocycles. The van der Waals surface area contributed by atoms with Crippen molar-refractivity contribution in [2.75, 3.05) is 0 Å². The fourth-order valence-electron chi connectivity index (χ4n) is 8.72. The van der Waals surface area contributed by atoms with Gasteiger partial charge in [-0.1, -0.05) is 60.7 Å². The van der Waals surface area contributed by atoms with Gasteiger partial charge in [-0.3, -0.25) is 9.59 Å². The maximum absolute atomic E-state index is 13.9. The Balaban J connectivity index is 1.52. The predicted octanol–water partition coefficient (Wildman–Crippen LogP) is 4.03. The maximum atomic E-state index is 13.9. The minimum absolute atomic E-state index is 0.0349. The van der Waals surface area contributed by atoms with Crippen LogP contribution >= 0.6 is 0 Å². The average molecular weight is 419 g/mol. The number of hydrogen-bond acceptors (Lipinski definition) is 2. The fourth-order valence-corrected chi connectivity index (χ4v) is 8.72. The number of aromatic nitrogens is 1. The second kappa shape index (κ2) is 5.64. The Morgan fingerprint density at radius 2 is 1.78 bits per heavy atom. The van der Waals surface area contributed by atoms with Crippen LogP contribution in [0.15, 0.2) is 90.2 Å². The number of benzene rings is 1. The van der Waals surface area contributed by atoms with Crippen LogP contribution in [-0.2, 0) is 15.0 Å². The molecule has 0 radical (unpaired) electrons. The zero-order valence-corrected chi connectivity index (χ0v) is 17.7. The molecule has 9 rings (SSSR count). The Labute approximate surface area is 187 Å². The molecule has 0 N–H and O–H groups in total. The summed E-state index contributed by atoms with van der Waals surface area (Å²) in [5.74, 6) is 0.795. The number of allylic oxidation sites excluding steroid dienone is 6. The van der Waals surface area contributed by atoms with Crippen LogP contribution < -0.4 is 4.57 Å². The van der Waals surface area contributed by atoms with E-state index in [2.05, 4.69) is 83.6 Å². The Morgan fingerprint density at radius 3 is 2.66 bits per heavy atom. The molecule has 1 saturated carbocycles. The molecular formula is C29H24NO2+. The van der Waals surface area contributed by atoms with Gasteiger partial charge in [0.15, 0.2) is 17.9 Å². The lowest BCUT2D eigenvalue weighted by Gasteiger charge is -2.55. The largest absolute Gasteiger partial charge is 0.290 e. The van der Waals surface area contributed by atoms with E-state index < -0.39 is 0 Å². The maximum Gasteiger partial charge on any atom is 0.231 e. The summed E-state index contributed by atoms with van der Waals surface area (Å²) in [4.78, 5) is 27.7. The molecule has 0 spiro atoms. The summed E-state index contributed by atoms with van der Waals surface area (Å²) in [5.41, 5.74) is 4.28. The van der Waals surface area contributed by atoms with Gasteiger partial charge in [0, 0.05) is 35.3 Å². The van der Waals surface area contributed by atoms with E-state index in [0.29, 0.717) is 11.8 Å². The van der Waals surface area contributed by atoms with Crippen molar-refractivity contribution in [3.8, 4) is 0 Å². The van der Waals surface area contributed by atoms with Crippen LogP contribution in [-0.4, -0.2) is 11.6 Å². The number of nitrogens with zero attached hydrogens (tertiary/aromatic N) is 1. The van der Waals surface area contributed by atoms with E-state index in [4.69, 9.17) is 0 Å². The summed E-state index contributed by atoms with van der Waals surface area (Å²) in [6, 6.07) is 17.1. The van der Waals surface area contributed by atoms with Crippen LogP contribution in [0.2, 0.25) is 0 Å². The SMILES string of the molecule is O=C1C(=O)C2C3C=CC(C3)C2(c2ccccc2)C2=C1C1C3CC=CC3C2c2cccc[n+]21. The molecule has 5 aliphatic carbocycles. The van der Waals surface area contributed by atoms with Gasteiger partial charge >= 0.3 is 0 Å². The number of carbonyl (C=O) groups is 2. The summed E-state index contributed by atoms with van der Waals surface area (Å²) in [5, 5.41) is 0. The molecule has 3 nitrogen and oxygen atoms in total. The molecule has 2 aliphatic heterocycles. The molecule has 3 heterocycles. The van der Waals surface area contributed by atoms with Crippen molar-refractivity contribution in [3.05, 3.63) is 101 Å². The number of hydrogen-bond donors (Lipinski definition) is 0. The van der Waals surface area contributed by atoms with Crippen molar-refractivity contribution < 1.29 is 14.2 Å². The van der Waals surface area contributed by atoms with Gasteiger partial charge in [0.1, 0.15) is 0 Å². The van der Waals surface area contributed by atoms with E-state index in [0.717, 1.165) is 18.4 Å². The quantitative estimate of drug-likeness (QED) is 0.399. The number of ketones is 2. The van der Waals surface area contributed by atoms with Crippen LogP contribution in [0.1, 0.15) is 36.1 Å². The van der Waals surface area contributed by atoms with E-state index in [1.54, 1.807) is 0 Å². The monoisotopic (exact) mass is 418 g/mol. The minimum atomic E-state index is -0.389. The number of fused-ring (bicyclic) bond motifs is 5. The lowest BCUT2D eigenvalue weighted by atomic mass is 9.46. The first-order chi connectivity index (χ1) is 15.7. The summed E-state index contributed by atoms with van der Waals surface area (Å²) in [6.07, 6.45) is 13.4. The van der Waals surface area contributed by atoms with E-state index in [1.807, 2.05) is 0 Å². The Hall–Kier alpha value is -3.07. The Kier molecular flexibility index (Phi) is 3.08. The lowest BCUT2D eigenvalue weighted by Crippen LogP contribution is -2.65. The molecular weight excluding hydrogens is 394 g/mol. The first-order valence-corrected chi connectivity index (χ1v) is 12.0. The number of Topliss-reactive ketones (excluding diaryl/α,β-unsaturated/α-hetero) is 2. The topological polar surface area (TPSA) is 38.0 Å². The van der Waals surface area contributed by atoms with E-state index in [9.17, 15) is 9.59 Å². The van der Waals surface area contributed by atoms with Gasteiger partial charge < -0.3 is 0 Å². The molecule has 1 aromatic carbocycles. The van der Waals surface area contributed by atoms with Crippen LogP contribution in [0.25, 0.3) is 0 Å². The molecule has 8 unspecified atom stereocenters. The van der Waals surface area contributed by atoms with Gasteiger partial charge in [0.25, 0.3) is 0 Å². The van der Waals surface area contributed by atoms with Gasteiger partial charge in [0.05, 0.1) is 11.5 Å². The van der Waals surface area contributed by atoms with Crippen molar-refractivity contribution in [3.63, 3.8) is 0 Å². The molecule has 32 heavy (non-hydrogen) atoms. The van der Waals surface area contributed by atoms with Gasteiger partial charge in [0.2, 0.25) is 11.6 Å². The van der Waals surface area contributed by atoms with Crippen molar-refractivity contribution in [1.29, 1.82) is 0 Å². The summed E-state index contributed by atoms with van der Waals surface area (Å²) < 4.78 is 2.32. The van der Waals surface area contributed by atoms with E-state index in [1.165, 1.54) is 16.8 Å². The molecule has 156 valence electrons. The predicted molar refractivity (Wildman–Crippen MR) is 119 cm³/mol. The third-order valence-electron chi connectivity index (χ3n) is 9.56. The molecule has 8 atom stereocenters. The highest BCUT2D eigenvalue weighted by molar-refractivity contribution is 6.46. The standard InChI is InChI=1S/C29H24NO2/c31-27-23-25(22-19-9-6-10-20(19)26(23)30-14-5-4-11-21(22)30)29(17-7-2-1-3-8-17)18-13-12-16(15-18)24(29)28(27)32/h1-9,11-14,16,18-20,22,24,26H,10,15H2/q+1. The number of pyridine rings is 1. The fraction of sp³-hybridized carbons (Fsp3) is 0.345. The van der Waals surface area contributed by atoms with E-state index >= 15 is 0 Å². The van der Waals surface area contributed by atoms with Gasteiger partial charge in [-0.05, 0) is 35.8 Å². The normalized spacial score (nSPS) is 41.7. The summed E-state index contributed by atoms with van der Waals surface area (Å²) in [6.45, 7) is 0. The van der Waals surface area contributed by atoms with Gasteiger partial charge in [-0.2, -0.15) is 4.57 Å². The van der Waals surface area contributed by atoms with Crippen molar-refractivity contribution in [2.24, 2.45) is 29.6 Å². The van der Waals surface area contributed by atoms with E-state index in [-0.39, 0.29) is 46.7 Å². The highest BCUT2D eigenvalue weighted by Crippen LogP contribution is 2.70. The van der Waals surface area contributed by atoms with Crippen molar-refractivity contribution in [1.82, 2.24) is 0 Å². The zero-order chi connectivity index (χ0) is 21.2. The molecule has 7 aliphatic rings. The van der Waals surface area contributed by atoms with Crippen LogP contribution in [0.5, 0.6) is 0 Å². The zero-order valence-electron chi connectivity index (χ0n) is 17.7. The smallest absolute Gasteiger partial charge is 0.231 e. The van der Waals surface area contributed by atoms with Gasteiger partial charge in [-0.25, -0.2) is 0 Å². The van der Waals surface area contributed by atoms with Gasteiger partial charge in [-0.15, -0.1) is 0 Å². The van der Waals surface area contributed by atoms with Crippen molar-refractivity contribution in [2.45, 2.75) is 30.2 Å². The van der Waals surface area contributed by atoms with Crippen LogP contribution in [0.4, 0.5) is 0 Å². The molecule has 4 bridgehead atoms. The summed E-state index contributed by atoms with van der Waals surface area (Å²) >= 11 is 0. The number of rotatable bonds is 1. The number of carbonyl (C=O) groups excluding carboxylic acids is 2. The highest BCUT2D eigenvalue weighted by atomic mass is 16.2. The third kappa shape index (κ3) is 1.71. The highest BCUT2D eigenvalue weighted by Gasteiger charge is 2.72. The Morgan fingerprint density at radius 1 is 0.938 bits per heavy atom. The second-order valence-corrected chi connectivity index (χ2v) is 10.5. The molecule has 0 amide bonds. The Bertz CT molecular complexity index is 1320. The lowest BCUT2D eigenvalue weighted by molar-refractivity contribution is -0.738. The molecule has 2 aromatic rings. The molecule has 3 heteroatoms. The van der Waals surface area contributed by atoms with Crippen molar-refractivity contribution >= 4 is 11.6 Å². The first-order valence-electron chi connectivity index (χ1n) is 12.0. The van der Waals surface area contributed by atoms with Crippen LogP contribution in [0.3, 0.4) is 0 Å². The molecule has 1 fully saturated rings.